The number of carbonyl (C=O) groups excluding carboxylic acids is 1. The van der Waals surface area contributed by atoms with Gasteiger partial charge in [-0.05, 0) is 106 Å². The molecule has 140 valence electrons. The average molecular weight is 604 g/mol. The molecule has 27 heavy (non-hydrogen) atoms. The van der Waals surface area contributed by atoms with Crippen molar-refractivity contribution in [2.75, 3.05) is 6.54 Å². The summed E-state index contributed by atoms with van der Waals surface area (Å²) in [6, 6.07) is 11.8. The summed E-state index contributed by atoms with van der Waals surface area (Å²) in [4.78, 5) is 20.0. The van der Waals surface area contributed by atoms with Crippen LogP contribution in [0.25, 0.3) is 6.08 Å². The molecule has 3 rings (SSSR count). The molecule has 1 fully saturated rings. The van der Waals surface area contributed by atoms with E-state index in [2.05, 4.69) is 58.2 Å². The second kappa shape index (κ2) is 8.95. The van der Waals surface area contributed by atoms with Crippen LogP contribution in [0.2, 0.25) is 0 Å². The van der Waals surface area contributed by atoms with Gasteiger partial charge in [-0.2, -0.15) is 0 Å². The summed E-state index contributed by atoms with van der Waals surface area (Å²) in [5.74, 6) is 0.241. The standard InChI is InChI=1S/C20H18I2N2O2S/c1-3-13-7-5-6-8-16(13)23-20-24(4-2)19(26)17(27-20)11-12-9-14(21)18(25)15(22)10-12/h5-11,25H,3-4H2,1-2H3/b17-11+,23-20?. The summed E-state index contributed by atoms with van der Waals surface area (Å²) < 4.78 is 1.53. The first-order valence-corrected chi connectivity index (χ1v) is 11.5. The molecule has 1 heterocycles. The minimum Gasteiger partial charge on any atom is -0.506 e. The molecular formula is C20H18I2N2O2S. The summed E-state index contributed by atoms with van der Waals surface area (Å²) in [6.45, 7) is 4.62. The number of aryl methyl sites for hydroxylation is 1. The number of hydrogen-bond acceptors (Lipinski definition) is 4. The molecule has 7 heteroatoms. The number of amides is 1. The molecule has 0 spiro atoms. The van der Waals surface area contributed by atoms with E-state index in [-0.39, 0.29) is 11.7 Å². The molecule has 4 nitrogen and oxygen atoms in total. The Labute approximate surface area is 190 Å². The SMILES string of the molecule is CCc1ccccc1N=C1S/C(=C/c2cc(I)c(O)c(I)c2)C(=O)N1CC. The van der Waals surface area contributed by atoms with E-state index in [1.54, 1.807) is 4.90 Å². The highest BCUT2D eigenvalue weighted by Gasteiger charge is 2.32. The summed E-state index contributed by atoms with van der Waals surface area (Å²) in [5.41, 5.74) is 2.96. The normalized spacial score (nSPS) is 17.3. The number of nitrogens with zero attached hydrogens (tertiary/aromatic N) is 2. The van der Waals surface area contributed by atoms with Crippen molar-refractivity contribution in [2.24, 2.45) is 4.99 Å². The number of para-hydroxylation sites is 1. The molecule has 1 saturated heterocycles. The van der Waals surface area contributed by atoms with E-state index < -0.39 is 0 Å². The van der Waals surface area contributed by atoms with Crippen LogP contribution in [-0.4, -0.2) is 27.6 Å². The van der Waals surface area contributed by atoms with Crippen LogP contribution in [-0.2, 0) is 11.2 Å². The van der Waals surface area contributed by atoms with Crippen LogP contribution in [0.3, 0.4) is 0 Å². The fourth-order valence-electron chi connectivity index (χ4n) is 2.71. The first-order valence-electron chi connectivity index (χ1n) is 8.50. The molecular weight excluding hydrogens is 586 g/mol. The predicted octanol–water partition coefficient (Wildman–Crippen LogP) is 5.79. The van der Waals surface area contributed by atoms with Crippen LogP contribution in [0.1, 0.15) is 25.0 Å². The van der Waals surface area contributed by atoms with Crippen LogP contribution in [0.5, 0.6) is 5.75 Å². The third-order valence-electron chi connectivity index (χ3n) is 4.13. The molecule has 2 aromatic carbocycles. The smallest absolute Gasteiger partial charge is 0.266 e. The van der Waals surface area contributed by atoms with Crippen molar-refractivity contribution in [3.63, 3.8) is 0 Å². The van der Waals surface area contributed by atoms with Gasteiger partial charge in [-0.3, -0.25) is 9.69 Å². The maximum absolute atomic E-state index is 12.8. The zero-order valence-corrected chi connectivity index (χ0v) is 20.0. The monoisotopic (exact) mass is 604 g/mol. The highest BCUT2D eigenvalue weighted by molar-refractivity contribution is 14.1. The number of halogens is 2. The van der Waals surface area contributed by atoms with Crippen LogP contribution < -0.4 is 0 Å². The Morgan fingerprint density at radius 2 is 1.85 bits per heavy atom. The quantitative estimate of drug-likeness (QED) is 0.356. The Hall–Kier alpha value is -1.07. The largest absolute Gasteiger partial charge is 0.506 e. The van der Waals surface area contributed by atoms with Crippen molar-refractivity contribution in [1.29, 1.82) is 0 Å². The van der Waals surface area contributed by atoms with Crippen molar-refractivity contribution in [1.82, 2.24) is 4.90 Å². The lowest BCUT2D eigenvalue weighted by molar-refractivity contribution is -0.122. The highest BCUT2D eigenvalue weighted by Crippen LogP contribution is 2.36. The molecule has 0 saturated carbocycles. The van der Waals surface area contributed by atoms with Gasteiger partial charge in [-0.25, -0.2) is 4.99 Å². The van der Waals surface area contributed by atoms with Gasteiger partial charge >= 0.3 is 0 Å². The number of rotatable bonds is 4. The Kier molecular flexibility index (Phi) is 6.85. The van der Waals surface area contributed by atoms with E-state index in [9.17, 15) is 9.90 Å². The van der Waals surface area contributed by atoms with Crippen molar-refractivity contribution in [2.45, 2.75) is 20.3 Å². The summed E-state index contributed by atoms with van der Waals surface area (Å²) in [5, 5.41) is 10.7. The van der Waals surface area contributed by atoms with Gasteiger partial charge in [-0.15, -0.1) is 0 Å². The number of likely N-dealkylation sites (N-methyl/N-ethyl adjacent to an activating group) is 1. The number of aromatic hydroxyl groups is 1. The molecule has 1 N–H and O–H groups in total. The van der Waals surface area contributed by atoms with E-state index in [4.69, 9.17) is 4.99 Å². The molecule has 0 bridgehead atoms. The van der Waals surface area contributed by atoms with E-state index in [1.807, 2.05) is 43.3 Å². The van der Waals surface area contributed by atoms with Crippen molar-refractivity contribution in [3.8, 4) is 5.75 Å². The first-order chi connectivity index (χ1) is 12.9. The number of carbonyl (C=O) groups is 1. The Morgan fingerprint density at radius 3 is 2.48 bits per heavy atom. The van der Waals surface area contributed by atoms with Crippen LogP contribution >= 0.6 is 56.9 Å². The summed E-state index contributed by atoms with van der Waals surface area (Å²) in [6.07, 6.45) is 2.76. The fraction of sp³-hybridized carbons (Fsp3) is 0.200. The second-order valence-electron chi connectivity index (χ2n) is 5.87. The van der Waals surface area contributed by atoms with Gasteiger partial charge in [0.15, 0.2) is 5.17 Å². The Balaban J connectivity index is 1.99. The number of aliphatic imine (C=N–C) groups is 1. The zero-order chi connectivity index (χ0) is 19.6. The minimum absolute atomic E-state index is 0.0340. The van der Waals surface area contributed by atoms with Crippen molar-refractivity contribution >= 4 is 79.8 Å². The van der Waals surface area contributed by atoms with Gasteiger partial charge in [0.1, 0.15) is 5.75 Å². The topological polar surface area (TPSA) is 52.9 Å². The van der Waals surface area contributed by atoms with Gasteiger partial charge < -0.3 is 5.11 Å². The van der Waals surface area contributed by atoms with Gasteiger partial charge in [0, 0.05) is 6.54 Å². The third kappa shape index (κ3) is 4.51. The molecule has 0 aromatic heterocycles. The van der Waals surface area contributed by atoms with E-state index >= 15 is 0 Å². The molecule has 0 aliphatic carbocycles. The summed E-state index contributed by atoms with van der Waals surface area (Å²) in [7, 11) is 0. The molecule has 1 amide bonds. The maximum Gasteiger partial charge on any atom is 0.266 e. The van der Waals surface area contributed by atoms with Crippen molar-refractivity contribution < 1.29 is 9.90 Å². The van der Waals surface area contributed by atoms with Crippen LogP contribution in [0, 0.1) is 7.14 Å². The number of hydrogen-bond donors (Lipinski definition) is 1. The Morgan fingerprint density at radius 1 is 1.19 bits per heavy atom. The lowest BCUT2D eigenvalue weighted by Crippen LogP contribution is -2.28. The fourth-order valence-corrected chi connectivity index (χ4v) is 5.58. The van der Waals surface area contributed by atoms with Gasteiger partial charge in [0.05, 0.1) is 17.7 Å². The van der Waals surface area contributed by atoms with Gasteiger partial charge in [0.25, 0.3) is 5.91 Å². The van der Waals surface area contributed by atoms with Crippen LogP contribution in [0.15, 0.2) is 46.3 Å². The van der Waals surface area contributed by atoms with E-state index in [0.29, 0.717) is 16.6 Å². The third-order valence-corrected chi connectivity index (χ3v) is 6.78. The predicted molar refractivity (Wildman–Crippen MR) is 129 cm³/mol. The first kappa shape index (κ1) is 20.7. The highest BCUT2D eigenvalue weighted by atomic mass is 127. The second-order valence-corrected chi connectivity index (χ2v) is 9.20. The van der Waals surface area contributed by atoms with Gasteiger partial charge in [0.2, 0.25) is 0 Å². The molecule has 0 atom stereocenters. The summed E-state index contributed by atoms with van der Waals surface area (Å²) >= 11 is 5.59. The van der Waals surface area contributed by atoms with E-state index in [0.717, 1.165) is 30.4 Å². The van der Waals surface area contributed by atoms with Crippen molar-refractivity contribution in [3.05, 3.63) is 59.6 Å². The molecule has 2 aromatic rings. The lowest BCUT2D eigenvalue weighted by Gasteiger charge is -2.12. The maximum atomic E-state index is 12.8. The number of phenolic OH excluding ortho intramolecular Hbond substituents is 1. The average Bonchev–Trinajstić information content (AvgIpc) is 2.94. The minimum atomic E-state index is -0.0340. The zero-order valence-electron chi connectivity index (χ0n) is 14.9. The number of benzene rings is 2. The number of amidine groups is 1. The van der Waals surface area contributed by atoms with Gasteiger partial charge in [-0.1, -0.05) is 25.1 Å². The molecule has 0 radical (unpaired) electrons. The number of phenols is 1. The van der Waals surface area contributed by atoms with Crippen LogP contribution in [0.4, 0.5) is 5.69 Å². The lowest BCUT2D eigenvalue weighted by atomic mass is 10.1. The number of thioether (sulfide) groups is 1. The molecule has 1 aliphatic heterocycles. The van der Waals surface area contributed by atoms with E-state index in [1.165, 1.54) is 11.8 Å². The molecule has 1 aliphatic rings. The molecule has 0 unspecified atom stereocenters. The Bertz CT molecular complexity index is 934.